The second-order valence-corrected chi connectivity index (χ2v) is 2.14. The van der Waals surface area contributed by atoms with Gasteiger partial charge < -0.3 is 0 Å². The molecule has 1 rings (SSSR count). The van der Waals surface area contributed by atoms with Crippen LogP contribution in [-0.2, 0) is 9.59 Å². The van der Waals surface area contributed by atoms with Crippen LogP contribution in [0.15, 0.2) is 0 Å². The van der Waals surface area contributed by atoms with Crippen LogP contribution in [-0.4, -0.2) is 36.3 Å². The lowest BCUT2D eigenvalue weighted by molar-refractivity contribution is -0.146. The van der Waals surface area contributed by atoms with Crippen molar-refractivity contribution in [2.24, 2.45) is 0 Å². The first-order chi connectivity index (χ1) is 4.75. The van der Waals surface area contributed by atoms with Gasteiger partial charge in [0, 0.05) is 6.54 Å². The first kappa shape index (κ1) is 10.4. The molecule has 1 heterocycles. The molecule has 64 valence electrons. The molecule has 5 heteroatoms. The number of nitrogens with one attached hydrogen (secondary N) is 1. The largest absolute Gasteiger partial charge is 0.300 e. The third-order valence-corrected chi connectivity index (χ3v) is 1.47. The molecule has 11 heavy (non-hydrogen) atoms. The number of piperazine rings is 1. The van der Waals surface area contributed by atoms with E-state index in [4.69, 9.17) is 0 Å². The van der Waals surface area contributed by atoms with E-state index in [0.717, 1.165) is 0 Å². The first-order valence-corrected chi connectivity index (χ1v) is 3.29. The van der Waals surface area contributed by atoms with Gasteiger partial charge in [-0.25, -0.2) is 0 Å². The highest BCUT2D eigenvalue weighted by molar-refractivity contribution is 5.99. The lowest BCUT2D eigenvalue weighted by Gasteiger charge is -2.23. The molecule has 1 aliphatic rings. The number of nitrogens with zero attached hydrogens (tertiary/aromatic N) is 1. The summed E-state index contributed by atoms with van der Waals surface area (Å²) in [5.74, 6) is -0.252. The van der Waals surface area contributed by atoms with Crippen molar-refractivity contribution >= 4 is 24.2 Å². The Kier molecular flexibility index (Phi) is 4.07. The van der Waals surface area contributed by atoms with Gasteiger partial charge in [0.1, 0.15) is 0 Å². The summed E-state index contributed by atoms with van der Waals surface area (Å²) in [4.78, 5) is 23.0. The van der Waals surface area contributed by atoms with Gasteiger partial charge in [0.25, 0.3) is 0 Å². The summed E-state index contributed by atoms with van der Waals surface area (Å²) >= 11 is 0. The van der Waals surface area contributed by atoms with Crippen LogP contribution >= 0.6 is 12.4 Å². The maximum absolute atomic E-state index is 10.9. The SMILES string of the molecule is CCN1C(=O)CNCC1=O.Cl. The first-order valence-electron chi connectivity index (χ1n) is 3.29. The molecule has 4 nitrogen and oxygen atoms in total. The molecule has 0 unspecified atom stereocenters. The van der Waals surface area contributed by atoms with Crippen molar-refractivity contribution in [2.75, 3.05) is 19.6 Å². The van der Waals surface area contributed by atoms with Crippen LogP contribution in [0.4, 0.5) is 0 Å². The quantitative estimate of drug-likeness (QED) is 0.545. The molecule has 2 amide bonds. The molecule has 0 aromatic rings. The van der Waals surface area contributed by atoms with Crippen molar-refractivity contribution in [3.63, 3.8) is 0 Å². The van der Waals surface area contributed by atoms with Crippen LogP contribution < -0.4 is 5.32 Å². The third-order valence-electron chi connectivity index (χ3n) is 1.47. The molecular weight excluding hydrogens is 168 g/mol. The number of carbonyl (C=O) groups is 2. The van der Waals surface area contributed by atoms with Crippen LogP contribution in [0.3, 0.4) is 0 Å². The van der Waals surface area contributed by atoms with Crippen molar-refractivity contribution in [1.82, 2.24) is 10.2 Å². The molecule has 1 N–H and O–H groups in total. The van der Waals surface area contributed by atoms with Gasteiger partial charge in [-0.15, -0.1) is 12.4 Å². The highest BCUT2D eigenvalue weighted by atomic mass is 35.5. The molecule has 0 bridgehead atoms. The zero-order chi connectivity index (χ0) is 7.56. The van der Waals surface area contributed by atoms with Crippen molar-refractivity contribution in [1.29, 1.82) is 0 Å². The topological polar surface area (TPSA) is 49.4 Å². The Bertz CT molecular complexity index is 156. The van der Waals surface area contributed by atoms with E-state index in [0.29, 0.717) is 19.6 Å². The van der Waals surface area contributed by atoms with E-state index in [-0.39, 0.29) is 24.2 Å². The standard InChI is InChI=1S/C6H10N2O2.ClH/c1-2-8-5(9)3-7-4-6(8)10;/h7H,2-4H2,1H3;1H. The van der Waals surface area contributed by atoms with Gasteiger partial charge >= 0.3 is 0 Å². The minimum absolute atomic E-state index is 0. The monoisotopic (exact) mass is 178 g/mol. The summed E-state index contributed by atoms with van der Waals surface area (Å²) in [5.41, 5.74) is 0. The van der Waals surface area contributed by atoms with E-state index in [1.54, 1.807) is 6.92 Å². The van der Waals surface area contributed by atoms with Crippen LogP contribution in [0.1, 0.15) is 6.92 Å². The molecule has 0 aromatic heterocycles. The zero-order valence-electron chi connectivity index (χ0n) is 6.29. The predicted molar refractivity (Wildman–Crippen MR) is 42.5 cm³/mol. The fourth-order valence-electron chi connectivity index (χ4n) is 0.959. The molecule has 1 saturated heterocycles. The number of imide groups is 1. The van der Waals surface area contributed by atoms with Gasteiger partial charge in [-0.3, -0.25) is 19.8 Å². The maximum atomic E-state index is 10.9. The van der Waals surface area contributed by atoms with E-state index in [1.165, 1.54) is 4.90 Å². The molecular formula is C6H11ClN2O2. The number of amides is 2. The summed E-state index contributed by atoms with van der Waals surface area (Å²) in [5, 5.41) is 2.71. The Morgan fingerprint density at radius 3 is 2.09 bits per heavy atom. The Labute approximate surface area is 71.3 Å². The normalized spacial score (nSPS) is 18.1. The van der Waals surface area contributed by atoms with Gasteiger partial charge in [0.15, 0.2) is 0 Å². The summed E-state index contributed by atoms with van der Waals surface area (Å²) in [7, 11) is 0. The second kappa shape index (κ2) is 4.31. The van der Waals surface area contributed by atoms with Crippen LogP contribution in [0.5, 0.6) is 0 Å². The van der Waals surface area contributed by atoms with Gasteiger partial charge in [0.2, 0.25) is 11.8 Å². The highest BCUT2D eigenvalue weighted by Gasteiger charge is 2.23. The maximum Gasteiger partial charge on any atom is 0.243 e. The minimum atomic E-state index is -0.126. The zero-order valence-corrected chi connectivity index (χ0v) is 7.11. The van der Waals surface area contributed by atoms with E-state index < -0.39 is 0 Å². The molecule has 0 atom stereocenters. The summed E-state index contributed by atoms with van der Waals surface area (Å²) in [6, 6.07) is 0. The Morgan fingerprint density at radius 2 is 1.82 bits per heavy atom. The average Bonchev–Trinajstić information content (AvgIpc) is 1.88. The Balaban J connectivity index is 0.000001000. The van der Waals surface area contributed by atoms with Gasteiger partial charge in [0.05, 0.1) is 13.1 Å². The number of halogens is 1. The summed E-state index contributed by atoms with van der Waals surface area (Å²) in [6.45, 7) is 2.86. The third kappa shape index (κ3) is 2.17. The summed E-state index contributed by atoms with van der Waals surface area (Å²) < 4.78 is 0. The Hall–Kier alpha value is -0.610. The number of hydrogen-bond donors (Lipinski definition) is 1. The molecule has 0 saturated carbocycles. The second-order valence-electron chi connectivity index (χ2n) is 2.14. The van der Waals surface area contributed by atoms with E-state index in [9.17, 15) is 9.59 Å². The van der Waals surface area contributed by atoms with E-state index in [2.05, 4.69) is 5.32 Å². The van der Waals surface area contributed by atoms with Crippen molar-refractivity contribution < 1.29 is 9.59 Å². The Morgan fingerprint density at radius 1 is 1.36 bits per heavy atom. The van der Waals surface area contributed by atoms with E-state index >= 15 is 0 Å². The van der Waals surface area contributed by atoms with Crippen molar-refractivity contribution in [2.45, 2.75) is 6.92 Å². The van der Waals surface area contributed by atoms with Crippen LogP contribution in [0, 0.1) is 0 Å². The lowest BCUT2D eigenvalue weighted by Crippen LogP contribution is -2.51. The van der Waals surface area contributed by atoms with Gasteiger partial charge in [-0.1, -0.05) is 0 Å². The molecule has 1 aliphatic heterocycles. The fourth-order valence-corrected chi connectivity index (χ4v) is 0.959. The van der Waals surface area contributed by atoms with Crippen LogP contribution in [0.25, 0.3) is 0 Å². The number of rotatable bonds is 1. The molecule has 0 spiro atoms. The van der Waals surface area contributed by atoms with Crippen molar-refractivity contribution in [3.05, 3.63) is 0 Å². The minimum Gasteiger partial charge on any atom is -0.300 e. The fraction of sp³-hybridized carbons (Fsp3) is 0.667. The molecule has 0 radical (unpaired) electrons. The molecule has 0 aromatic carbocycles. The highest BCUT2D eigenvalue weighted by Crippen LogP contribution is 1.93. The lowest BCUT2D eigenvalue weighted by atomic mass is 10.3. The molecule has 1 fully saturated rings. The number of likely N-dealkylation sites (N-methyl/N-ethyl adjacent to an activating group) is 1. The number of carbonyl (C=O) groups excluding carboxylic acids is 2. The van der Waals surface area contributed by atoms with Crippen molar-refractivity contribution in [3.8, 4) is 0 Å². The smallest absolute Gasteiger partial charge is 0.243 e. The predicted octanol–water partition coefficient (Wildman–Crippen LogP) is -0.614. The van der Waals surface area contributed by atoms with Gasteiger partial charge in [-0.2, -0.15) is 0 Å². The number of hydrogen-bond acceptors (Lipinski definition) is 3. The van der Waals surface area contributed by atoms with Gasteiger partial charge in [-0.05, 0) is 6.92 Å². The molecule has 0 aliphatic carbocycles. The summed E-state index contributed by atoms with van der Waals surface area (Å²) in [6.07, 6.45) is 0. The van der Waals surface area contributed by atoms with Crippen LogP contribution in [0.2, 0.25) is 0 Å². The average molecular weight is 179 g/mol. The van der Waals surface area contributed by atoms with E-state index in [1.807, 2.05) is 0 Å².